The first kappa shape index (κ1) is 23.2. The Bertz CT molecular complexity index is 611. The highest BCUT2D eigenvalue weighted by atomic mass is 16.3. The van der Waals surface area contributed by atoms with Gasteiger partial charge in [-0.3, -0.25) is 0 Å². The van der Waals surface area contributed by atoms with E-state index in [1.54, 1.807) is 19.4 Å². The van der Waals surface area contributed by atoms with Gasteiger partial charge in [-0.05, 0) is 103 Å². The summed E-state index contributed by atoms with van der Waals surface area (Å²) in [6.45, 7) is 9.50. The van der Waals surface area contributed by atoms with Crippen LogP contribution in [0.4, 0.5) is 0 Å². The van der Waals surface area contributed by atoms with Crippen molar-refractivity contribution >= 4 is 0 Å². The lowest BCUT2D eigenvalue weighted by Gasteiger charge is -2.44. The lowest BCUT2D eigenvalue weighted by atomic mass is 9.62. The molecule has 0 aliphatic heterocycles. The van der Waals surface area contributed by atoms with E-state index < -0.39 is 17.3 Å². The van der Waals surface area contributed by atoms with Crippen LogP contribution in [-0.2, 0) is 0 Å². The van der Waals surface area contributed by atoms with Gasteiger partial charge in [0.2, 0.25) is 0 Å². The lowest BCUT2D eigenvalue weighted by molar-refractivity contribution is -0.0511. The van der Waals surface area contributed by atoms with E-state index in [0.29, 0.717) is 24.2 Å². The van der Waals surface area contributed by atoms with Gasteiger partial charge in [-0.15, -0.1) is 0 Å². The van der Waals surface area contributed by atoms with Crippen molar-refractivity contribution in [1.82, 2.24) is 0 Å². The van der Waals surface area contributed by atoms with E-state index in [0.717, 1.165) is 44.9 Å². The quantitative estimate of drug-likeness (QED) is 0.428. The van der Waals surface area contributed by atoms with Crippen LogP contribution in [0.15, 0.2) is 11.1 Å². The fraction of sp³-hybridized carbons (Fsp3) is 0.920. The summed E-state index contributed by atoms with van der Waals surface area (Å²) >= 11 is 0. The van der Waals surface area contributed by atoms with Crippen LogP contribution in [-0.4, -0.2) is 43.8 Å². The predicted octanol–water partition coefficient (Wildman–Crippen LogP) is 4.34. The van der Waals surface area contributed by atoms with Crippen molar-refractivity contribution < 1.29 is 20.4 Å². The molecule has 3 rings (SSSR count). The van der Waals surface area contributed by atoms with Crippen molar-refractivity contribution in [2.75, 3.05) is 0 Å². The third-order valence-corrected chi connectivity index (χ3v) is 8.38. The SMILES string of the molecule is CC(C)(O)CCCC1=C(CC[C@@H](O)C(C)(C)O)C1[C@H]1CCC2[C@@H](O)CCC[C@@]21C. The molecule has 2 saturated carbocycles. The van der Waals surface area contributed by atoms with Crippen LogP contribution in [0, 0.1) is 23.2 Å². The van der Waals surface area contributed by atoms with Crippen LogP contribution in [0.25, 0.3) is 0 Å². The summed E-state index contributed by atoms with van der Waals surface area (Å²) in [6, 6.07) is 0. The number of aliphatic hydroxyl groups excluding tert-OH is 2. The zero-order valence-corrected chi connectivity index (χ0v) is 19.2. The van der Waals surface area contributed by atoms with Crippen LogP contribution in [0.2, 0.25) is 0 Å². The molecule has 3 aliphatic carbocycles. The van der Waals surface area contributed by atoms with Crippen molar-refractivity contribution in [3.63, 3.8) is 0 Å². The molecule has 4 N–H and O–H groups in total. The zero-order valence-electron chi connectivity index (χ0n) is 19.2. The molecule has 0 aromatic rings. The number of fused-ring (bicyclic) bond motifs is 1. The Balaban J connectivity index is 1.69. The van der Waals surface area contributed by atoms with Gasteiger partial charge in [0, 0.05) is 5.92 Å². The Labute approximate surface area is 177 Å². The molecule has 0 spiro atoms. The third-order valence-electron chi connectivity index (χ3n) is 8.38. The molecule has 168 valence electrons. The minimum atomic E-state index is -1.07. The van der Waals surface area contributed by atoms with Crippen molar-refractivity contribution in [3.8, 4) is 0 Å². The number of hydrogen-bond acceptors (Lipinski definition) is 4. The van der Waals surface area contributed by atoms with Crippen LogP contribution in [0.5, 0.6) is 0 Å². The molecule has 0 saturated heterocycles. The van der Waals surface area contributed by atoms with Gasteiger partial charge < -0.3 is 20.4 Å². The molecular weight excluding hydrogens is 364 g/mol. The molecule has 4 nitrogen and oxygen atoms in total. The molecule has 0 amide bonds. The Morgan fingerprint density at radius 3 is 2.24 bits per heavy atom. The second-order valence-electron chi connectivity index (χ2n) is 11.7. The Hall–Kier alpha value is -0.420. The monoisotopic (exact) mass is 408 g/mol. The number of hydrogen-bond donors (Lipinski definition) is 4. The van der Waals surface area contributed by atoms with E-state index in [9.17, 15) is 20.4 Å². The molecule has 0 aromatic heterocycles. The minimum Gasteiger partial charge on any atom is -0.393 e. The van der Waals surface area contributed by atoms with E-state index in [-0.39, 0.29) is 11.5 Å². The lowest BCUT2D eigenvalue weighted by Crippen LogP contribution is -2.40. The summed E-state index contributed by atoms with van der Waals surface area (Å²) in [4.78, 5) is 0. The summed E-state index contributed by atoms with van der Waals surface area (Å²) in [7, 11) is 0. The maximum Gasteiger partial charge on any atom is 0.0849 e. The molecule has 6 atom stereocenters. The van der Waals surface area contributed by atoms with Gasteiger partial charge in [0.15, 0.2) is 0 Å². The largest absolute Gasteiger partial charge is 0.393 e. The van der Waals surface area contributed by atoms with Gasteiger partial charge in [0.25, 0.3) is 0 Å². The topological polar surface area (TPSA) is 80.9 Å². The Morgan fingerprint density at radius 2 is 1.62 bits per heavy atom. The second-order valence-corrected chi connectivity index (χ2v) is 11.7. The summed E-state index contributed by atoms with van der Waals surface area (Å²) in [5.74, 6) is 1.56. The summed E-state index contributed by atoms with van der Waals surface area (Å²) < 4.78 is 0. The minimum absolute atomic E-state index is 0.142. The smallest absolute Gasteiger partial charge is 0.0849 e. The molecule has 4 heteroatoms. The standard InChI is InChI=1S/C25H44O4/c1-23(2,28)14-6-8-16-17(10-13-21(27)24(3,4)29)22(16)19-12-11-18-20(26)9-7-15-25(18,19)5/h18-22,26-29H,6-15H2,1-5H3/t18?,19-,20+,21-,22?,25+/m1/s1. The molecule has 3 aliphatic rings. The maximum atomic E-state index is 10.6. The summed E-state index contributed by atoms with van der Waals surface area (Å²) in [5.41, 5.74) is 1.57. The summed E-state index contributed by atoms with van der Waals surface area (Å²) in [6.07, 6.45) is 9.03. The van der Waals surface area contributed by atoms with Crippen LogP contribution in [0.1, 0.15) is 98.8 Å². The number of rotatable bonds is 9. The molecule has 29 heavy (non-hydrogen) atoms. The Kier molecular flexibility index (Phi) is 6.62. The van der Waals surface area contributed by atoms with Gasteiger partial charge in [-0.2, -0.15) is 0 Å². The highest BCUT2D eigenvalue weighted by Crippen LogP contribution is 2.65. The highest BCUT2D eigenvalue weighted by molar-refractivity contribution is 5.43. The van der Waals surface area contributed by atoms with Gasteiger partial charge in [0.05, 0.1) is 23.4 Å². The van der Waals surface area contributed by atoms with Gasteiger partial charge in [-0.1, -0.05) is 24.5 Å². The number of allylic oxidation sites excluding steroid dienone is 2. The van der Waals surface area contributed by atoms with Crippen molar-refractivity contribution in [2.45, 2.75) is 122 Å². The molecule has 0 radical (unpaired) electrons. The summed E-state index contributed by atoms with van der Waals surface area (Å²) in [5, 5.41) is 41.1. The van der Waals surface area contributed by atoms with Crippen LogP contribution < -0.4 is 0 Å². The average molecular weight is 409 g/mol. The van der Waals surface area contributed by atoms with Crippen molar-refractivity contribution in [2.24, 2.45) is 23.2 Å². The zero-order chi connectivity index (χ0) is 21.6. The fourth-order valence-corrected chi connectivity index (χ4v) is 6.55. The fourth-order valence-electron chi connectivity index (χ4n) is 6.55. The van der Waals surface area contributed by atoms with Crippen molar-refractivity contribution in [3.05, 3.63) is 11.1 Å². The van der Waals surface area contributed by atoms with Gasteiger partial charge in [-0.25, -0.2) is 0 Å². The van der Waals surface area contributed by atoms with E-state index in [4.69, 9.17) is 0 Å². The Morgan fingerprint density at radius 1 is 1.00 bits per heavy atom. The van der Waals surface area contributed by atoms with Crippen LogP contribution >= 0.6 is 0 Å². The van der Waals surface area contributed by atoms with Crippen molar-refractivity contribution in [1.29, 1.82) is 0 Å². The first-order valence-electron chi connectivity index (χ1n) is 11.9. The van der Waals surface area contributed by atoms with Gasteiger partial charge in [0.1, 0.15) is 0 Å². The van der Waals surface area contributed by atoms with E-state index >= 15 is 0 Å². The first-order valence-corrected chi connectivity index (χ1v) is 11.9. The molecule has 2 fully saturated rings. The molecule has 0 bridgehead atoms. The van der Waals surface area contributed by atoms with E-state index in [1.807, 2.05) is 13.8 Å². The second kappa shape index (κ2) is 8.26. The van der Waals surface area contributed by atoms with E-state index in [2.05, 4.69) is 6.92 Å². The molecular formula is C25H44O4. The number of aliphatic hydroxyl groups is 4. The third kappa shape index (κ3) is 5.08. The van der Waals surface area contributed by atoms with Crippen LogP contribution in [0.3, 0.4) is 0 Å². The molecule has 0 heterocycles. The highest BCUT2D eigenvalue weighted by Gasteiger charge is 2.57. The predicted molar refractivity (Wildman–Crippen MR) is 116 cm³/mol. The van der Waals surface area contributed by atoms with Gasteiger partial charge >= 0.3 is 0 Å². The first-order chi connectivity index (χ1) is 13.3. The molecule has 0 aromatic carbocycles. The van der Waals surface area contributed by atoms with E-state index in [1.165, 1.54) is 18.4 Å². The normalized spacial score (nSPS) is 36.3. The maximum absolute atomic E-state index is 10.6. The molecule has 2 unspecified atom stereocenters. The average Bonchev–Trinajstić information content (AvgIpc) is 3.12.